The third-order valence-electron chi connectivity index (χ3n) is 4.06. The van der Waals surface area contributed by atoms with Gasteiger partial charge in [0.15, 0.2) is 0 Å². The molecule has 1 saturated heterocycles. The monoisotopic (exact) mass is 459 g/mol. The Balaban J connectivity index is 1.91. The van der Waals surface area contributed by atoms with Crippen LogP contribution < -0.4 is 5.32 Å². The molecule has 7 nitrogen and oxygen atoms in total. The van der Waals surface area contributed by atoms with Crippen LogP contribution in [0.5, 0.6) is 0 Å². The first-order valence-electron chi connectivity index (χ1n) is 6.89. The topological polar surface area (TPSA) is 113 Å². The molecule has 1 aromatic carbocycles. The van der Waals surface area contributed by atoms with E-state index in [4.69, 9.17) is 4.74 Å². The standard InChI is InChI=1S/C15H11Br2NO6/c16-9-10(17)12-8(15(22)23)7(11(9)24-12)13(19)18-6-4-2-1-3-5(6)14(20)21/h1-4,7-8,11-12H,(H,18,19)(H,20,21)(H,22,23)/t7-,8-,11+,12+/m0/s1. The summed E-state index contributed by atoms with van der Waals surface area (Å²) in [5.41, 5.74) is 0.0404. The number of nitrogens with one attached hydrogen (secondary N) is 1. The van der Waals surface area contributed by atoms with Gasteiger partial charge in [-0.05, 0) is 12.1 Å². The summed E-state index contributed by atoms with van der Waals surface area (Å²) < 4.78 is 6.77. The molecule has 2 aliphatic heterocycles. The van der Waals surface area contributed by atoms with Gasteiger partial charge in [-0.3, -0.25) is 9.59 Å². The average Bonchev–Trinajstić information content (AvgIpc) is 3.05. The van der Waals surface area contributed by atoms with Crippen molar-refractivity contribution < 1.29 is 29.3 Å². The van der Waals surface area contributed by atoms with Gasteiger partial charge in [-0.2, -0.15) is 0 Å². The van der Waals surface area contributed by atoms with Crippen molar-refractivity contribution in [2.45, 2.75) is 12.2 Å². The number of halogens is 2. The molecular formula is C15H11Br2NO6. The zero-order valence-electron chi connectivity index (χ0n) is 11.9. The first-order chi connectivity index (χ1) is 11.3. The molecule has 1 fully saturated rings. The minimum absolute atomic E-state index is 0.0717. The normalized spacial score (nSPS) is 28.1. The highest BCUT2D eigenvalue weighted by Gasteiger charge is 2.58. The molecule has 0 aliphatic carbocycles. The lowest BCUT2D eigenvalue weighted by molar-refractivity contribution is -0.146. The molecule has 0 saturated carbocycles. The molecule has 0 radical (unpaired) electrons. The maximum Gasteiger partial charge on any atom is 0.337 e. The molecule has 2 heterocycles. The van der Waals surface area contributed by atoms with E-state index >= 15 is 0 Å². The number of fused-ring (bicyclic) bond motifs is 2. The number of hydrogen-bond donors (Lipinski definition) is 3. The van der Waals surface area contributed by atoms with Gasteiger partial charge >= 0.3 is 11.9 Å². The third kappa shape index (κ3) is 2.66. The molecule has 3 N–H and O–H groups in total. The summed E-state index contributed by atoms with van der Waals surface area (Å²) in [5, 5.41) is 21.1. The van der Waals surface area contributed by atoms with E-state index in [9.17, 15) is 24.6 Å². The van der Waals surface area contributed by atoms with Crippen LogP contribution in [0.15, 0.2) is 33.2 Å². The second-order valence-electron chi connectivity index (χ2n) is 5.40. The van der Waals surface area contributed by atoms with Gasteiger partial charge in [0.25, 0.3) is 0 Å². The van der Waals surface area contributed by atoms with Crippen molar-refractivity contribution in [3.05, 3.63) is 38.8 Å². The minimum Gasteiger partial charge on any atom is -0.481 e. The Morgan fingerprint density at radius 2 is 1.58 bits per heavy atom. The average molecular weight is 461 g/mol. The first kappa shape index (κ1) is 17.1. The summed E-state index contributed by atoms with van der Waals surface area (Å²) in [7, 11) is 0. The smallest absolute Gasteiger partial charge is 0.337 e. The fourth-order valence-corrected chi connectivity index (χ4v) is 4.23. The second-order valence-corrected chi connectivity index (χ2v) is 7.11. The van der Waals surface area contributed by atoms with Gasteiger partial charge in [-0.15, -0.1) is 0 Å². The van der Waals surface area contributed by atoms with Crippen molar-refractivity contribution in [1.82, 2.24) is 0 Å². The van der Waals surface area contributed by atoms with Crippen LogP contribution in [-0.4, -0.2) is 40.3 Å². The number of carboxylic acid groups (broad SMARTS) is 2. The van der Waals surface area contributed by atoms with Crippen molar-refractivity contribution in [2.75, 3.05) is 5.32 Å². The molecular weight excluding hydrogens is 450 g/mol. The van der Waals surface area contributed by atoms with Crippen LogP contribution in [0.25, 0.3) is 0 Å². The van der Waals surface area contributed by atoms with Gasteiger partial charge in [-0.25, -0.2) is 4.79 Å². The number of carbonyl (C=O) groups is 3. The number of carbonyl (C=O) groups excluding carboxylic acids is 1. The SMILES string of the molecule is O=C(O)c1ccccc1NC(=O)[C@H]1[C@H](C(=O)O)[C@H]2O[C@H]1C(Br)=C2Br. The first-order valence-corrected chi connectivity index (χ1v) is 8.48. The molecule has 2 aliphatic rings. The van der Waals surface area contributed by atoms with E-state index in [0.29, 0.717) is 8.96 Å². The lowest BCUT2D eigenvalue weighted by atomic mass is 9.82. The van der Waals surface area contributed by atoms with E-state index in [1.165, 1.54) is 18.2 Å². The summed E-state index contributed by atoms with van der Waals surface area (Å²) in [6.45, 7) is 0. The number of ether oxygens (including phenoxy) is 1. The highest BCUT2D eigenvalue weighted by molar-refractivity contribution is 9.14. The molecule has 0 spiro atoms. The van der Waals surface area contributed by atoms with Crippen LogP contribution in [0.4, 0.5) is 5.69 Å². The number of carboxylic acids is 2. The number of aromatic carboxylic acids is 1. The zero-order chi connectivity index (χ0) is 17.6. The molecule has 24 heavy (non-hydrogen) atoms. The lowest BCUT2D eigenvalue weighted by Crippen LogP contribution is -2.41. The molecule has 4 atom stereocenters. The maximum atomic E-state index is 12.6. The van der Waals surface area contributed by atoms with Gasteiger partial charge in [0.05, 0.1) is 17.2 Å². The number of hydrogen-bond acceptors (Lipinski definition) is 4. The predicted molar refractivity (Wildman–Crippen MR) is 90.2 cm³/mol. The van der Waals surface area contributed by atoms with Crippen molar-refractivity contribution >= 4 is 55.4 Å². The number of rotatable bonds is 4. The van der Waals surface area contributed by atoms with Crippen LogP contribution in [-0.2, 0) is 14.3 Å². The van der Waals surface area contributed by atoms with Crippen molar-refractivity contribution in [3.8, 4) is 0 Å². The van der Waals surface area contributed by atoms with E-state index < -0.39 is 41.9 Å². The number of anilines is 1. The second kappa shape index (κ2) is 6.30. The fourth-order valence-electron chi connectivity index (χ4n) is 2.99. The lowest BCUT2D eigenvalue weighted by Gasteiger charge is -2.24. The fraction of sp³-hybridized carbons (Fsp3) is 0.267. The van der Waals surface area contributed by atoms with E-state index in [1.807, 2.05) is 0 Å². The highest BCUT2D eigenvalue weighted by Crippen LogP contribution is 2.51. The van der Waals surface area contributed by atoms with Gasteiger partial charge in [-0.1, -0.05) is 44.0 Å². The summed E-state index contributed by atoms with van der Waals surface area (Å²) in [4.78, 5) is 35.4. The largest absolute Gasteiger partial charge is 0.481 e. The third-order valence-corrected chi connectivity index (χ3v) is 6.35. The van der Waals surface area contributed by atoms with E-state index in [-0.39, 0.29) is 11.3 Å². The number of aliphatic carboxylic acids is 1. The number of benzene rings is 1. The molecule has 0 aromatic heterocycles. The highest BCUT2D eigenvalue weighted by atomic mass is 79.9. The van der Waals surface area contributed by atoms with Crippen molar-refractivity contribution in [2.24, 2.45) is 11.8 Å². The van der Waals surface area contributed by atoms with Crippen LogP contribution in [0.3, 0.4) is 0 Å². The maximum absolute atomic E-state index is 12.6. The van der Waals surface area contributed by atoms with Gasteiger partial charge in [0.1, 0.15) is 18.1 Å². The molecule has 2 bridgehead atoms. The molecule has 3 rings (SSSR count). The summed E-state index contributed by atoms with van der Waals surface area (Å²) in [6.07, 6.45) is -1.46. The molecule has 1 amide bonds. The van der Waals surface area contributed by atoms with Crippen LogP contribution >= 0.6 is 31.9 Å². The predicted octanol–water partition coefficient (Wildman–Crippen LogP) is 2.42. The summed E-state index contributed by atoms with van der Waals surface area (Å²) in [6, 6.07) is 5.93. The molecule has 9 heteroatoms. The Bertz CT molecular complexity index is 777. The quantitative estimate of drug-likeness (QED) is 0.635. The minimum atomic E-state index is -1.19. The molecule has 126 valence electrons. The number of amides is 1. The number of para-hydroxylation sites is 1. The van der Waals surface area contributed by atoms with E-state index in [2.05, 4.69) is 37.2 Å². The Morgan fingerprint density at radius 1 is 1.00 bits per heavy atom. The van der Waals surface area contributed by atoms with Crippen LogP contribution in [0.2, 0.25) is 0 Å². The van der Waals surface area contributed by atoms with Crippen molar-refractivity contribution in [1.29, 1.82) is 0 Å². The molecule has 1 aromatic rings. The van der Waals surface area contributed by atoms with Crippen LogP contribution in [0, 0.1) is 11.8 Å². The Morgan fingerprint density at radius 3 is 2.17 bits per heavy atom. The Labute approximate surface area is 152 Å². The Hall–Kier alpha value is -1.71. The van der Waals surface area contributed by atoms with E-state index in [0.717, 1.165) is 0 Å². The summed E-state index contributed by atoms with van der Waals surface area (Å²) in [5.74, 6) is -4.95. The van der Waals surface area contributed by atoms with Crippen molar-refractivity contribution in [3.63, 3.8) is 0 Å². The van der Waals surface area contributed by atoms with Crippen LogP contribution in [0.1, 0.15) is 10.4 Å². The van der Waals surface area contributed by atoms with Gasteiger partial charge in [0, 0.05) is 8.96 Å². The summed E-state index contributed by atoms with van der Waals surface area (Å²) >= 11 is 6.59. The van der Waals surface area contributed by atoms with Gasteiger partial charge in [0.2, 0.25) is 5.91 Å². The zero-order valence-corrected chi connectivity index (χ0v) is 15.1. The Kier molecular flexibility index (Phi) is 4.50. The molecule has 0 unspecified atom stereocenters. The van der Waals surface area contributed by atoms with E-state index in [1.54, 1.807) is 6.07 Å². The van der Waals surface area contributed by atoms with Gasteiger partial charge < -0.3 is 20.3 Å².